The SMILES string of the molecule is O=C(CSc1ccc(F)cc1)N(CCCN1CCOCC1)c1nc2ccccc2s1. The normalized spacial score (nSPS) is 14.8. The molecule has 0 atom stereocenters. The second-order valence-corrected chi connectivity index (χ2v) is 9.12. The van der Waals surface area contributed by atoms with E-state index in [-0.39, 0.29) is 11.7 Å². The number of aromatic nitrogens is 1. The average molecular weight is 446 g/mol. The molecule has 1 aromatic heterocycles. The van der Waals surface area contributed by atoms with Crippen molar-refractivity contribution in [1.29, 1.82) is 0 Å². The Morgan fingerprint density at radius 1 is 1.17 bits per heavy atom. The molecule has 1 saturated heterocycles. The number of carbonyl (C=O) groups excluding carboxylic acids is 1. The van der Waals surface area contributed by atoms with Gasteiger partial charge in [0.1, 0.15) is 5.82 Å². The molecule has 4 rings (SSSR count). The number of fused-ring (bicyclic) bond motifs is 1. The number of rotatable bonds is 8. The Kier molecular flexibility index (Phi) is 7.33. The van der Waals surface area contributed by atoms with Crippen LogP contribution in [0.25, 0.3) is 10.2 Å². The summed E-state index contributed by atoms with van der Waals surface area (Å²) < 4.78 is 19.6. The lowest BCUT2D eigenvalue weighted by Gasteiger charge is -2.27. The lowest BCUT2D eigenvalue weighted by atomic mass is 10.3. The van der Waals surface area contributed by atoms with Crippen LogP contribution in [0.2, 0.25) is 0 Å². The van der Waals surface area contributed by atoms with Crippen LogP contribution < -0.4 is 4.90 Å². The summed E-state index contributed by atoms with van der Waals surface area (Å²) in [6.07, 6.45) is 0.878. The maximum atomic E-state index is 13.1. The van der Waals surface area contributed by atoms with E-state index in [4.69, 9.17) is 9.72 Å². The van der Waals surface area contributed by atoms with E-state index in [1.165, 1.54) is 23.9 Å². The Labute approximate surface area is 183 Å². The monoisotopic (exact) mass is 445 g/mol. The van der Waals surface area contributed by atoms with E-state index < -0.39 is 0 Å². The Morgan fingerprint density at radius 3 is 2.70 bits per heavy atom. The summed E-state index contributed by atoms with van der Waals surface area (Å²) in [5, 5.41) is 0.739. The van der Waals surface area contributed by atoms with Crippen molar-refractivity contribution in [2.75, 3.05) is 50.0 Å². The molecule has 0 N–H and O–H groups in total. The zero-order valence-corrected chi connectivity index (χ0v) is 18.3. The number of thioether (sulfide) groups is 1. The maximum Gasteiger partial charge on any atom is 0.239 e. The van der Waals surface area contributed by atoms with Crippen LogP contribution in [0, 0.1) is 5.82 Å². The molecule has 0 bridgehead atoms. The predicted molar refractivity (Wildman–Crippen MR) is 121 cm³/mol. The number of benzene rings is 2. The fraction of sp³-hybridized carbons (Fsp3) is 0.364. The molecule has 1 fully saturated rings. The van der Waals surface area contributed by atoms with Crippen molar-refractivity contribution >= 4 is 44.4 Å². The quantitative estimate of drug-likeness (QED) is 0.484. The van der Waals surface area contributed by atoms with Gasteiger partial charge in [0.05, 0.1) is 29.2 Å². The fourth-order valence-corrected chi connectivity index (χ4v) is 5.12. The van der Waals surface area contributed by atoms with Gasteiger partial charge in [-0.1, -0.05) is 23.5 Å². The fourth-order valence-electron chi connectivity index (χ4n) is 3.33. The predicted octanol–water partition coefficient (Wildman–Crippen LogP) is 4.28. The molecule has 3 aromatic rings. The molecule has 0 spiro atoms. The Bertz CT molecular complexity index is 941. The smallest absolute Gasteiger partial charge is 0.239 e. The molecule has 2 aromatic carbocycles. The third-order valence-corrected chi connectivity index (χ3v) is 7.01. The van der Waals surface area contributed by atoms with Gasteiger partial charge in [-0.3, -0.25) is 14.6 Å². The maximum absolute atomic E-state index is 13.1. The molecule has 158 valence electrons. The highest BCUT2D eigenvalue weighted by Gasteiger charge is 2.20. The van der Waals surface area contributed by atoms with Crippen molar-refractivity contribution in [1.82, 2.24) is 9.88 Å². The van der Waals surface area contributed by atoms with Gasteiger partial charge in [0.15, 0.2) is 5.13 Å². The van der Waals surface area contributed by atoms with Gasteiger partial charge in [0, 0.05) is 31.1 Å². The van der Waals surface area contributed by atoms with Crippen LogP contribution in [0.15, 0.2) is 53.4 Å². The summed E-state index contributed by atoms with van der Waals surface area (Å²) >= 11 is 2.97. The van der Waals surface area contributed by atoms with Crippen LogP contribution in [0.1, 0.15) is 6.42 Å². The summed E-state index contributed by atoms with van der Waals surface area (Å²) in [4.78, 5) is 22.9. The minimum atomic E-state index is -0.273. The Hall–Kier alpha value is -2.00. The van der Waals surface area contributed by atoms with Gasteiger partial charge in [-0.2, -0.15) is 0 Å². The van der Waals surface area contributed by atoms with Crippen molar-refractivity contribution < 1.29 is 13.9 Å². The molecule has 5 nitrogen and oxygen atoms in total. The molecule has 1 amide bonds. The first-order chi connectivity index (χ1) is 14.7. The van der Waals surface area contributed by atoms with Gasteiger partial charge in [0.25, 0.3) is 0 Å². The number of carbonyl (C=O) groups is 1. The number of morpholine rings is 1. The summed E-state index contributed by atoms with van der Waals surface area (Å²) in [6, 6.07) is 14.2. The molecule has 1 aliphatic heterocycles. The van der Waals surface area contributed by atoms with Crippen LogP contribution in [-0.2, 0) is 9.53 Å². The van der Waals surface area contributed by atoms with Gasteiger partial charge >= 0.3 is 0 Å². The highest BCUT2D eigenvalue weighted by atomic mass is 32.2. The molecule has 2 heterocycles. The molecule has 0 unspecified atom stereocenters. The Balaban J connectivity index is 1.43. The number of thiazole rings is 1. The zero-order valence-electron chi connectivity index (χ0n) is 16.6. The molecular formula is C22H24FN3O2S2. The van der Waals surface area contributed by atoms with Crippen molar-refractivity contribution in [3.05, 3.63) is 54.3 Å². The first-order valence-corrected chi connectivity index (χ1v) is 11.8. The van der Waals surface area contributed by atoms with Gasteiger partial charge in [0.2, 0.25) is 5.91 Å². The highest BCUT2D eigenvalue weighted by molar-refractivity contribution is 8.00. The summed E-state index contributed by atoms with van der Waals surface area (Å²) in [5.74, 6) is 0.0364. The van der Waals surface area contributed by atoms with Crippen molar-refractivity contribution in [3.8, 4) is 0 Å². The van der Waals surface area contributed by atoms with E-state index in [2.05, 4.69) is 4.90 Å². The second-order valence-electron chi connectivity index (χ2n) is 7.06. The number of hydrogen-bond acceptors (Lipinski definition) is 6. The number of para-hydroxylation sites is 1. The number of ether oxygens (including phenoxy) is 1. The van der Waals surface area contributed by atoms with Crippen LogP contribution >= 0.6 is 23.1 Å². The van der Waals surface area contributed by atoms with Gasteiger partial charge in [-0.25, -0.2) is 9.37 Å². The third-order valence-electron chi connectivity index (χ3n) is 4.95. The van der Waals surface area contributed by atoms with E-state index in [0.717, 1.165) is 59.5 Å². The van der Waals surface area contributed by atoms with E-state index in [1.807, 2.05) is 29.2 Å². The molecular weight excluding hydrogens is 421 g/mol. The Morgan fingerprint density at radius 2 is 1.93 bits per heavy atom. The van der Waals surface area contributed by atoms with E-state index in [9.17, 15) is 9.18 Å². The standard InChI is InChI=1S/C22H24FN3O2S2/c23-17-6-8-18(9-7-17)29-16-21(27)26(11-3-10-25-12-14-28-15-13-25)22-24-19-4-1-2-5-20(19)30-22/h1-2,4-9H,3,10-16H2. The van der Waals surface area contributed by atoms with Crippen molar-refractivity contribution in [2.45, 2.75) is 11.3 Å². The van der Waals surface area contributed by atoms with Crippen LogP contribution in [0.5, 0.6) is 0 Å². The third kappa shape index (κ3) is 5.57. The number of amides is 1. The van der Waals surface area contributed by atoms with Crippen molar-refractivity contribution in [2.24, 2.45) is 0 Å². The lowest BCUT2D eigenvalue weighted by Crippen LogP contribution is -2.39. The largest absolute Gasteiger partial charge is 0.379 e. The topological polar surface area (TPSA) is 45.7 Å². The van der Waals surface area contributed by atoms with E-state index in [1.54, 1.807) is 23.5 Å². The number of nitrogens with zero attached hydrogens (tertiary/aromatic N) is 3. The molecule has 30 heavy (non-hydrogen) atoms. The minimum absolute atomic E-state index is 0.0189. The first kappa shape index (κ1) is 21.2. The molecule has 0 aliphatic carbocycles. The van der Waals surface area contributed by atoms with Crippen LogP contribution in [0.3, 0.4) is 0 Å². The van der Waals surface area contributed by atoms with Crippen LogP contribution in [-0.4, -0.2) is 60.9 Å². The first-order valence-electron chi connectivity index (χ1n) is 10.0. The van der Waals surface area contributed by atoms with E-state index in [0.29, 0.717) is 12.3 Å². The number of hydrogen-bond donors (Lipinski definition) is 0. The number of anilines is 1. The van der Waals surface area contributed by atoms with Crippen molar-refractivity contribution in [3.63, 3.8) is 0 Å². The van der Waals surface area contributed by atoms with Gasteiger partial charge < -0.3 is 4.74 Å². The average Bonchev–Trinajstić information content (AvgIpc) is 3.20. The molecule has 0 radical (unpaired) electrons. The van der Waals surface area contributed by atoms with E-state index >= 15 is 0 Å². The zero-order chi connectivity index (χ0) is 20.8. The molecule has 8 heteroatoms. The summed E-state index contributed by atoms with van der Waals surface area (Å²) in [5.41, 5.74) is 0.912. The lowest BCUT2D eigenvalue weighted by molar-refractivity contribution is -0.116. The summed E-state index contributed by atoms with van der Waals surface area (Å²) in [6.45, 7) is 4.98. The van der Waals surface area contributed by atoms with Crippen LogP contribution in [0.4, 0.5) is 9.52 Å². The molecule has 0 saturated carbocycles. The number of halogens is 1. The van der Waals surface area contributed by atoms with Gasteiger partial charge in [-0.05, 0) is 42.8 Å². The minimum Gasteiger partial charge on any atom is -0.379 e. The molecule has 1 aliphatic rings. The second kappa shape index (κ2) is 10.3. The highest BCUT2D eigenvalue weighted by Crippen LogP contribution is 2.30. The summed E-state index contributed by atoms with van der Waals surface area (Å²) in [7, 11) is 0. The van der Waals surface area contributed by atoms with Gasteiger partial charge in [-0.15, -0.1) is 11.8 Å².